The second-order valence-electron chi connectivity index (χ2n) is 7.04. The zero-order valence-corrected chi connectivity index (χ0v) is 18.0. The molecule has 178 valence electrons. The maximum atomic E-state index is 11.6. The van der Waals surface area contributed by atoms with Gasteiger partial charge in [-0.05, 0) is 5.53 Å². The Labute approximate surface area is 183 Å². The van der Waals surface area contributed by atoms with Crippen LogP contribution in [0.5, 0.6) is 0 Å². The van der Waals surface area contributed by atoms with Crippen molar-refractivity contribution in [3.8, 4) is 0 Å². The van der Waals surface area contributed by atoms with E-state index < -0.39 is 66.7 Å². The van der Waals surface area contributed by atoms with Crippen LogP contribution in [0.3, 0.4) is 0 Å². The van der Waals surface area contributed by atoms with Crippen LogP contribution in [0.2, 0.25) is 0 Å². The van der Waals surface area contributed by atoms with Crippen LogP contribution in [0.4, 0.5) is 0 Å². The largest absolute Gasteiger partial charge is 0.463 e. The normalized spacial score (nSPS) is 31.7. The van der Waals surface area contributed by atoms with Crippen molar-refractivity contribution in [1.82, 2.24) is 0 Å². The van der Waals surface area contributed by atoms with Crippen LogP contribution in [0, 0.1) is 0 Å². The van der Waals surface area contributed by atoms with Gasteiger partial charge in [-0.2, -0.15) is 0 Å². The number of carbonyl (C=O) groups excluding carboxylic acids is 4. The number of azide groups is 1. The molecule has 7 atom stereocenters. The Hall–Kier alpha value is -2.93. The van der Waals surface area contributed by atoms with E-state index in [2.05, 4.69) is 10.0 Å². The monoisotopic (exact) mass is 459 g/mol. The lowest BCUT2D eigenvalue weighted by molar-refractivity contribution is -0.263. The fourth-order valence-electron chi connectivity index (χ4n) is 3.34. The van der Waals surface area contributed by atoms with Crippen LogP contribution < -0.4 is 0 Å². The first-order valence-corrected chi connectivity index (χ1v) is 9.70. The smallest absolute Gasteiger partial charge is 0.303 e. The number of esters is 4. The molecule has 0 spiro atoms. The highest BCUT2D eigenvalue weighted by molar-refractivity contribution is 5.67. The molecule has 2 aliphatic heterocycles. The zero-order valence-electron chi connectivity index (χ0n) is 18.0. The minimum absolute atomic E-state index is 0.0431. The lowest BCUT2D eigenvalue weighted by Gasteiger charge is -2.40. The molecule has 0 N–H and O–H groups in total. The maximum Gasteiger partial charge on any atom is 0.303 e. The predicted octanol–water partition coefficient (Wildman–Crippen LogP) is 0.164. The fourth-order valence-corrected chi connectivity index (χ4v) is 3.34. The first kappa shape index (κ1) is 25.3. The van der Waals surface area contributed by atoms with E-state index in [4.69, 9.17) is 38.7 Å². The molecule has 0 saturated carbocycles. The van der Waals surface area contributed by atoms with Gasteiger partial charge in [-0.25, -0.2) is 0 Å². The van der Waals surface area contributed by atoms with E-state index in [-0.39, 0.29) is 19.8 Å². The summed E-state index contributed by atoms with van der Waals surface area (Å²) in [5.74, 6) is -2.51. The molecule has 0 aromatic carbocycles. The molecule has 0 aromatic rings. The Morgan fingerprint density at radius 1 is 0.875 bits per heavy atom. The molecule has 2 heterocycles. The molecule has 2 fully saturated rings. The van der Waals surface area contributed by atoms with E-state index in [1.54, 1.807) is 0 Å². The van der Waals surface area contributed by atoms with Crippen molar-refractivity contribution < 1.29 is 52.3 Å². The maximum absolute atomic E-state index is 11.6. The standard InChI is InChI=1S/C18H25N3O11/c1-8(22)26-5-12-16(13(6-27-12)29-9(2)23)32-18-15(20-21-19)17(31-11(4)25)14(7-28-18)30-10(3)24/h12-18H,5-7H2,1-4H3/t12-,13+,14-,15?,16-,17+,18-/m1/s1. The third-order valence-electron chi connectivity index (χ3n) is 4.48. The van der Waals surface area contributed by atoms with E-state index in [1.165, 1.54) is 13.8 Å². The molecule has 2 rings (SSSR count). The van der Waals surface area contributed by atoms with Gasteiger partial charge >= 0.3 is 23.9 Å². The summed E-state index contributed by atoms with van der Waals surface area (Å²) in [5, 5.41) is 3.61. The second-order valence-corrected chi connectivity index (χ2v) is 7.04. The van der Waals surface area contributed by atoms with Gasteiger partial charge in [0, 0.05) is 32.6 Å². The van der Waals surface area contributed by atoms with E-state index in [1.807, 2.05) is 0 Å². The van der Waals surface area contributed by atoms with E-state index in [0.29, 0.717) is 0 Å². The summed E-state index contributed by atoms with van der Waals surface area (Å²) in [6, 6.07) is -1.25. The number of nitrogens with zero attached hydrogens (tertiary/aromatic N) is 3. The Balaban J connectivity index is 2.27. The van der Waals surface area contributed by atoms with Gasteiger partial charge in [-0.3, -0.25) is 19.2 Å². The first-order chi connectivity index (χ1) is 15.1. The Morgan fingerprint density at radius 2 is 1.44 bits per heavy atom. The molecule has 0 bridgehead atoms. The summed E-state index contributed by atoms with van der Waals surface area (Å²) in [7, 11) is 0. The van der Waals surface area contributed by atoms with Gasteiger partial charge in [0.15, 0.2) is 24.6 Å². The quantitative estimate of drug-likeness (QED) is 0.158. The highest BCUT2D eigenvalue weighted by atomic mass is 16.7. The van der Waals surface area contributed by atoms with Gasteiger partial charge < -0.3 is 33.2 Å². The number of carbonyl (C=O) groups is 4. The van der Waals surface area contributed by atoms with Crippen molar-refractivity contribution in [2.45, 2.75) is 70.5 Å². The number of hydrogen-bond acceptors (Lipinski definition) is 12. The Bertz CT molecular complexity index is 769. The van der Waals surface area contributed by atoms with Crippen molar-refractivity contribution >= 4 is 23.9 Å². The second kappa shape index (κ2) is 11.6. The average molecular weight is 459 g/mol. The average Bonchev–Trinajstić information content (AvgIpc) is 3.04. The summed E-state index contributed by atoms with van der Waals surface area (Å²) < 4.78 is 37.6. The SMILES string of the molecule is CC(=O)OC[C@H]1OC[C@H](OC(C)=O)[C@@H]1O[C@H]1OC[C@@H](OC(C)=O)[C@H](OC(C)=O)C1N=[N+]=[N-]. The molecule has 2 saturated heterocycles. The van der Waals surface area contributed by atoms with Crippen molar-refractivity contribution in [1.29, 1.82) is 0 Å². The summed E-state index contributed by atoms with van der Waals surface area (Å²) in [4.78, 5) is 48.4. The van der Waals surface area contributed by atoms with Crippen molar-refractivity contribution in [2.75, 3.05) is 19.8 Å². The molecule has 0 aromatic heterocycles. The third kappa shape index (κ3) is 7.05. The number of hydrogen-bond donors (Lipinski definition) is 0. The van der Waals surface area contributed by atoms with Crippen LogP contribution in [0.15, 0.2) is 5.11 Å². The molecule has 2 aliphatic rings. The third-order valence-corrected chi connectivity index (χ3v) is 4.48. The molecule has 0 aliphatic carbocycles. The molecule has 14 heteroatoms. The van der Waals surface area contributed by atoms with Gasteiger partial charge in [0.25, 0.3) is 0 Å². The van der Waals surface area contributed by atoms with E-state index in [9.17, 15) is 19.2 Å². The van der Waals surface area contributed by atoms with E-state index in [0.717, 1.165) is 13.8 Å². The van der Waals surface area contributed by atoms with Crippen LogP contribution >= 0.6 is 0 Å². The summed E-state index contributed by atoms with van der Waals surface area (Å²) in [6.07, 6.45) is -6.20. The summed E-state index contributed by atoms with van der Waals surface area (Å²) in [6.45, 7) is 4.25. The molecule has 0 amide bonds. The van der Waals surface area contributed by atoms with Crippen LogP contribution in [-0.2, 0) is 52.3 Å². The van der Waals surface area contributed by atoms with Gasteiger partial charge in [0.1, 0.15) is 24.9 Å². The topological polar surface area (TPSA) is 182 Å². The predicted molar refractivity (Wildman–Crippen MR) is 101 cm³/mol. The molecule has 14 nitrogen and oxygen atoms in total. The van der Waals surface area contributed by atoms with Crippen LogP contribution in [0.25, 0.3) is 10.4 Å². The Morgan fingerprint density at radius 3 is 1.97 bits per heavy atom. The molecular formula is C18H25N3O11. The lowest BCUT2D eigenvalue weighted by Crippen LogP contribution is -2.57. The molecule has 32 heavy (non-hydrogen) atoms. The Kier molecular flexibility index (Phi) is 9.20. The van der Waals surface area contributed by atoms with Crippen molar-refractivity contribution in [3.63, 3.8) is 0 Å². The van der Waals surface area contributed by atoms with Crippen molar-refractivity contribution in [3.05, 3.63) is 10.4 Å². The molecule has 0 radical (unpaired) electrons. The molecular weight excluding hydrogens is 434 g/mol. The lowest BCUT2D eigenvalue weighted by atomic mass is 10.0. The van der Waals surface area contributed by atoms with Gasteiger partial charge in [-0.1, -0.05) is 5.11 Å². The van der Waals surface area contributed by atoms with Crippen LogP contribution in [0.1, 0.15) is 27.7 Å². The number of rotatable bonds is 8. The van der Waals surface area contributed by atoms with Gasteiger partial charge in [0.05, 0.1) is 13.2 Å². The zero-order chi connectivity index (χ0) is 23.8. The highest BCUT2D eigenvalue weighted by Gasteiger charge is 2.49. The minimum atomic E-state index is -1.29. The van der Waals surface area contributed by atoms with Crippen LogP contribution in [-0.4, -0.2) is 86.5 Å². The van der Waals surface area contributed by atoms with Crippen molar-refractivity contribution in [2.24, 2.45) is 5.11 Å². The van der Waals surface area contributed by atoms with E-state index >= 15 is 0 Å². The van der Waals surface area contributed by atoms with Gasteiger partial charge in [0.2, 0.25) is 0 Å². The fraction of sp³-hybridized carbons (Fsp3) is 0.778. The minimum Gasteiger partial charge on any atom is -0.463 e. The molecule has 1 unspecified atom stereocenters. The van der Waals surface area contributed by atoms with Gasteiger partial charge in [-0.15, -0.1) is 0 Å². The highest BCUT2D eigenvalue weighted by Crippen LogP contribution is 2.30. The number of ether oxygens (including phenoxy) is 7. The summed E-state index contributed by atoms with van der Waals surface area (Å²) in [5.41, 5.74) is 9.03. The summed E-state index contributed by atoms with van der Waals surface area (Å²) >= 11 is 0. The first-order valence-electron chi connectivity index (χ1n) is 9.70.